The summed E-state index contributed by atoms with van der Waals surface area (Å²) in [7, 11) is 6.28. The third-order valence-electron chi connectivity index (χ3n) is 5.25. The minimum Gasteiger partial charge on any atom is -0.492 e. The van der Waals surface area contributed by atoms with Crippen LogP contribution in [0, 0.1) is 0 Å². The Balaban J connectivity index is -0.0000000203. The molecule has 0 saturated heterocycles. The lowest BCUT2D eigenvalue weighted by Crippen LogP contribution is -2.17. The van der Waals surface area contributed by atoms with Crippen LogP contribution in [-0.4, -0.2) is 61.6 Å². The lowest BCUT2D eigenvalue weighted by molar-refractivity contribution is -0.121. The van der Waals surface area contributed by atoms with E-state index in [0.717, 1.165) is 28.3 Å². The third kappa shape index (κ3) is 354. The third-order valence-corrected chi connectivity index (χ3v) is 5.25. The van der Waals surface area contributed by atoms with E-state index in [1.807, 2.05) is 82.4 Å². The molecule has 1 heterocycles. The van der Waals surface area contributed by atoms with Crippen LogP contribution in [0.5, 0.6) is 11.5 Å². The number of nitrogens with zero attached hydrogens (tertiary/aromatic N) is 3. The fraction of sp³-hybridized carbons (Fsp3) is 0.484. The molecule has 0 aliphatic carbocycles. The Bertz CT molecular complexity index is 1120. The average molecular weight is 1550 g/mol. The molecule has 126 N–H and O–H groups in total. The van der Waals surface area contributed by atoms with E-state index >= 15 is 0 Å². The number of hydrogen-bond acceptors (Lipinski definition) is 68. The summed E-state index contributed by atoms with van der Waals surface area (Å²) in [6, 6.07) is 15.5. The van der Waals surface area contributed by atoms with Gasteiger partial charge in [-0.25, -0.2) is 4.68 Å². The van der Waals surface area contributed by atoms with Crippen LogP contribution in [0.3, 0.4) is 0 Å². The van der Waals surface area contributed by atoms with Gasteiger partial charge in [-0.2, -0.15) is 0 Å². The van der Waals surface area contributed by atoms with Gasteiger partial charge in [-0.3, -0.25) is 360 Å². The monoisotopic (exact) mass is 1550 g/mol. The zero-order chi connectivity index (χ0) is 92.2. The molecule has 2 aromatic carbocycles. The first-order chi connectivity index (χ1) is 50.6. The van der Waals surface area contributed by atoms with Gasteiger partial charge < -0.3 is 31.6 Å². The van der Waals surface area contributed by atoms with Crippen molar-refractivity contribution >= 4 is 11.8 Å². The number of benzene rings is 2. The van der Waals surface area contributed by atoms with Gasteiger partial charge in [0.15, 0.2) is 0 Å². The maximum absolute atomic E-state index is 11.3. The molecule has 0 aliphatic heterocycles. The van der Waals surface area contributed by atoms with Crippen molar-refractivity contribution in [2.24, 2.45) is 362 Å². The molecule has 0 saturated carbocycles. The van der Waals surface area contributed by atoms with E-state index in [-0.39, 0.29) is 11.8 Å². The number of carbonyl (C=O) groups excluding carboxylic acids is 2. The minimum atomic E-state index is 0.0289. The Hall–Kier alpha value is -6.36. The predicted octanol–water partition coefficient (Wildman–Crippen LogP) is -31.9. The first-order valence-corrected chi connectivity index (χ1v) is 24.4. The van der Waals surface area contributed by atoms with Crippen molar-refractivity contribution in [1.29, 1.82) is 0 Å². The number of nitrogens with one attached hydrogen (secondary N) is 2. The zero-order valence-electron chi connectivity index (χ0n) is 61.4. The van der Waals surface area contributed by atoms with Crippen molar-refractivity contribution in [3.8, 4) is 11.5 Å². The van der Waals surface area contributed by atoms with Crippen LogP contribution in [0.2, 0.25) is 0 Å². The summed E-state index contributed by atoms with van der Waals surface area (Å²) in [6.07, 6.45) is 4.17. The van der Waals surface area contributed by atoms with Crippen LogP contribution in [0.15, 0.2) is 54.7 Å². The molecule has 71 nitrogen and oxygen atoms in total. The second-order valence-corrected chi connectivity index (χ2v) is 7.74. The van der Waals surface area contributed by atoms with Gasteiger partial charge in [0.05, 0.1) is 12.7 Å². The summed E-state index contributed by atoms with van der Waals surface area (Å²) < 4.78 is 13.3. The Morgan fingerprint density at radius 1 is 0.314 bits per heavy atom. The first-order valence-electron chi connectivity index (χ1n) is 24.4. The molecule has 656 valence electrons. The molecule has 0 spiro atoms. The standard InChI is InChI=1S/C25H31N5O4.2C2H6.2CH5N.30H4N2/c1-26-24(31)13-7-19-3-9-22(10-4-19)33-16-15-30-17-21(28-29-30)18-34-23-11-5-20(6-12-23)8-14-25(32)27-2;34*1-2/h3-6,9-12,17H,7-8,13-16,18H2,1-2H3,(H,26,31)(H,27,32);2*1-2H3;2*2H2,1H3;30*1-2H2. The van der Waals surface area contributed by atoms with Gasteiger partial charge in [0.2, 0.25) is 11.8 Å². The van der Waals surface area contributed by atoms with E-state index < -0.39 is 0 Å². The maximum atomic E-state index is 11.3. The predicted molar refractivity (Wildman–Crippen MR) is 422 cm³/mol. The van der Waals surface area contributed by atoms with E-state index in [4.69, 9.17) is 9.47 Å². The summed E-state index contributed by atoms with van der Waals surface area (Å²) in [6.45, 7) is 9.33. The highest BCUT2D eigenvalue weighted by molar-refractivity contribution is 5.76. The molecule has 0 atom stereocenters. The van der Waals surface area contributed by atoms with Gasteiger partial charge in [0, 0.05) is 26.9 Å². The Morgan fingerprint density at radius 3 is 0.667 bits per heavy atom. The van der Waals surface area contributed by atoms with E-state index in [0.29, 0.717) is 45.4 Å². The lowest BCUT2D eigenvalue weighted by atomic mass is 10.1. The highest BCUT2D eigenvalue weighted by Crippen LogP contribution is 2.15. The molecule has 0 aliphatic rings. The number of hydrogen-bond donors (Lipinski definition) is 64. The van der Waals surface area contributed by atoms with Gasteiger partial charge in [-0.05, 0) is 62.3 Å². The molecule has 0 fully saturated rings. The number of hydrazine groups is 30. The number of rotatable bonds is 13. The zero-order valence-corrected chi connectivity index (χ0v) is 61.4. The van der Waals surface area contributed by atoms with Crippen molar-refractivity contribution in [3.63, 3.8) is 0 Å². The van der Waals surface area contributed by atoms with Crippen LogP contribution in [0.25, 0.3) is 0 Å². The van der Waals surface area contributed by atoms with Gasteiger partial charge in [-0.15, -0.1) is 5.10 Å². The smallest absolute Gasteiger partial charge is 0.220 e. The number of ether oxygens (including phenoxy) is 2. The summed E-state index contributed by atoms with van der Waals surface area (Å²) >= 11 is 0. The number of carbonyl (C=O) groups is 2. The molecule has 102 heavy (non-hydrogen) atoms. The molecule has 2 amide bonds. The van der Waals surface area contributed by atoms with Crippen molar-refractivity contribution in [2.45, 2.75) is 66.5 Å². The molecule has 71 heteroatoms. The second-order valence-electron chi connectivity index (χ2n) is 7.74. The number of aromatic nitrogens is 3. The summed E-state index contributed by atoms with van der Waals surface area (Å²) in [5.74, 6) is 242. The normalized spacial score (nSPS) is 5.51. The van der Waals surface area contributed by atoms with Crippen molar-refractivity contribution in [3.05, 3.63) is 71.5 Å². The van der Waals surface area contributed by atoms with Crippen LogP contribution in [0.4, 0.5) is 0 Å². The van der Waals surface area contributed by atoms with Crippen LogP contribution in [0.1, 0.15) is 57.4 Å². The van der Waals surface area contributed by atoms with E-state index in [1.165, 1.54) is 14.1 Å². The van der Waals surface area contributed by atoms with Gasteiger partial charge in [0.1, 0.15) is 30.4 Å². The Labute approximate surface area is 602 Å². The Kier molecular flexibility index (Phi) is 1100. The Morgan fingerprint density at radius 2 is 0.490 bits per heavy atom. The minimum absolute atomic E-state index is 0.0289. The van der Waals surface area contributed by atoms with Crippen LogP contribution < -0.4 is 382 Å². The molecule has 3 rings (SSSR count). The quantitative estimate of drug-likeness (QED) is 0.0558. The molecule has 0 unspecified atom stereocenters. The van der Waals surface area contributed by atoms with Gasteiger partial charge in [-0.1, -0.05) is 57.2 Å². The largest absolute Gasteiger partial charge is 0.492 e. The molecule has 1 aromatic heterocycles. The number of amides is 2. The number of aryl methyl sites for hydroxylation is 2. The second kappa shape index (κ2) is 528. The highest BCUT2D eigenvalue weighted by atomic mass is 16.5. The average Bonchev–Trinajstić information content (AvgIpc) is 1.58. The maximum Gasteiger partial charge on any atom is 0.220 e. The van der Waals surface area contributed by atoms with Crippen LogP contribution >= 0.6 is 0 Å². The van der Waals surface area contributed by atoms with Gasteiger partial charge in [0.25, 0.3) is 0 Å². The fourth-order valence-electron chi connectivity index (χ4n) is 3.20. The topological polar surface area (TPSA) is 1720 Å². The van der Waals surface area contributed by atoms with Gasteiger partial charge >= 0.3 is 0 Å². The molecular weight excluding hydrogens is 1370 g/mol. The molecular formula is C31H173N67O4. The fourth-order valence-corrected chi connectivity index (χ4v) is 3.20. The van der Waals surface area contributed by atoms with Crippen LogP contribution in [-0.2, 0) is 35.6 Å². The number of nitrogens with two attached hydrogens (primary N) is 62. The van der Waals surface area contributed by atoms with Crippen molar-refractivity contribution in [1.82, 2.24) is 25.6 Å². The van der Waals surface area contributed by atoms with E-state index in [1.54, 1.807) is 18.8 Å². The summed E-state index contributed by atoms with van der Waals surface area (Å²) in [5.41, 5.74) is 11.9. The van der Waals surface area contributed by atoms with E-state index in [9.17, 15) is 9.59 Å². The SMILES string of the molecule is CC.CC.CN.CN.CNC(=O)CCc1ccc(OCCn2cc(COc3ccc(CCC(=O)NC)cc3)nn2)cc1.NN.NN.NN.NN.NN.NN.NN.NN.NN.NN.NN.NN.NN.NN.NN.NN.NN.NN.NN.NN.NN.NN.NN.NN.NN.NN.NN.NN.NN.NN. The lowest BCUT2D eigenvalue weighted by Gasteiger charge is -2.07. The molecule has 3 aromatic rings. The molecule has 0 radical (unpaired) electrons. The van der Waals surface area contributed by atoms with E-state index in [2.05, 4.69) is 383 Å². The summed E-state index contributed by atoms with van der Waals surface area (Å²) in [4.78, 5) is 22.7. The van der Waals surface area contributed by atoms with Crippen molar-refractivity contribution < 1.29 is 19.1 Å². The first kappa shape index (κ1) is 212. The highest BCUT2D eigenvalue weighted by Gasteiger charge is 2.05. The summed E-state index contributed by atoms with van der Waals surface area (Å²) in [5, 5.41) is 13.5. The van der Waals surface area contributed by atoms with Crippen molar-refractivity contribution in [2.75, 3.05) is 34.8 Å². The molecule has 0 bridgehead atoms.